The number of ether oxygens (including phenoxy) is 1. The van der Waals surface area contributed by atoms with Gasteiger partial charge in [0.15, 0.2) is 5.44 Å². The van der Waals surface area contributed by atoms with Crippen molar-refractivity contribution in [1.82, 2.24) is 0 Å². The Morgan fingerprint density at radius 1 is 1.36 bits per heavy atom. The molecule has 6 nitrogen and oxygen atoms in total. The van der Waals surface area contributed by atoms with E-state index < -0.39 is 41.7 Å². The standard InChI is InChI=1S/C13H18BrO6PS/c1-3-11-12(20-21(15)16)8(2)13(19-11)22(17,18)10-6-4-9(14)5-7-10/h4-8,11-13,21H,3H2,1-2H3,(H,15,16)/t8?,11-,12-,13+/m1/s1. The Morgan fingerprint density at radius 3 is 2.45 bits per heavy atom. The first-order chi connectivity index (χ1) is 10.3. The Labute approximate surface area is 138 Å². The van der Waals surface area contributed by atoms with Gasteiger partial charge in [-0.3, -0.25) is 4.57 Å². The first-order valence-electron chi connectivity index (χ1n) is 6.82. The minimum atomic E-state index is -3.71. The Hall–Kier alpha value is -0.240. The quantitative estimate of drug-likeness (QED) is 0.747. The maximum Gasteiger partial charge on any atom is 0.316 e. The highest BCUT2D eigenvalue weighted by atomic mass is 79.9. The molecular weight excluding hydrogens is 395 g/mol. The highest BCUT2D eigenvalue weighted by Crippen LogP contribution is 2.39. The number of sulfone groups is 1. The van der Waals surface area contributed by atoms with Crippen LogP contribution in [0.1, 0.15) is 20.3 Å². The third kappa shape index (κ3) is 3.63. The molecule has 2 unspecified atom stereocenters. The number of halogens is 1. The molecule has 0 spiro atoms. The topological polar surface area (TPSA) is 89.9 Å². The molecule has 0 bridgehead atoms. The van der Waals surface area contributed by atoms with Crippen molar-refractivity contribution < 1.29 is 27.1 Å². The smallest absolute Gasteiger partial charge is 0.316 e. The van der Waals surface area contributed by atoms with Gasteiger partial charge in [-0.25, -0.2) is 8.42 Å². The van der Waals surface area contributed by atoms with Gasteiger partial charge in [-0.15, -0.1) is 0 Å². The van der Waals surface area contributed by atoms with Crippen LogP contribution in [0.3, 0.4) is 0 Å². The summed E-state index contributed by atoms with van der Waals surface area (Å²) >= 11 is 3.26. The van der Waals surface area contributed by atoms with Gasteiger partial charge in [0.1, 0.15) is 0 Å². The summed E-state index contributed by atoms with van der Waals surface area (Å²) < 4.78 is 47.8. The Balaban J connectivity index is 2.31. The molecule has 1 fully saturated rings. The van der Waals surface area contributed by atoms with Gasteiger partial charge in [0.2, 0.25) is 9.84 Å². The lowest BCUT2D eigenvalue weighted by Gasteiger charge is -2.19. The van der Waals surface area contributed by atoms with Gasteiger partial charge in [-0.05, 0) is 30.7 Å². The molecule has 1 aliphatic heterocycles. The second kappa shape index (κ2) is 7.11. The average Bonchev–Trinajstić information content (AvgIpc) is 2.76. The van der Waals surface area contributed by atoms with Crippen LogP contribution >= 0.6 is 24.2 Å². The van der Waals surface area contributed by atoms with Crippen molar-refractivity contribution in [3.8, 4) is 0 Å². The minimum Gasteiger partial charge on any atom is -0.356 e. The molecule has 1 aromatic carbocycles. The van der Waals surface area contributed by atoms with Crippen molar-refractivity contribution in [3.05, 3.63) is 28.7 Å². The summed E-state index contributed by atoms with van der Waals surface area (Å²) in [4.78, 5) is 9.15. The van der Waals surface area contributed by atoms with E-state index in [1.54, 1.807) is 19.1 Å². The molecule has 5 atom stereocenters. The summed E-state index contributed by atoms with van der Waals surface area (Å²) in [6.45, 7) is 3.48. The first kappa shape index (κ1) is 18.1. The van der Waals surface area contributed by atoms with E-state index in [4.69, 9.17) is 14.2 Å². The summed E-state index contributed by atoms with van der Waals surface area (Å²) in [5, 5.41) is 0. The molecule has 0 saturated carbocycles. The molecule has 0 radical (unpaired) electrons. The van der Waals surface area contributed by atoms with Crippen LogP contribution in [0.15, 0.2) is 33.6 Å². The summed E-state index contributed by atoms with van der Waals surface area (Å²) in [5.41, 5.74) is -1.09. The molecule has 124 valence electrons. The largest absolute Gasteiger partial charge is 0.356 e. The molecular formula is C13H18BrO6PS. The summed E-state index contributed by atoms with van der Waals surface area (Å²) in [6, 6.07) is 6.29. The highest BCUT2D eigenvalue weighted by molar-refractivity contribution is 9.10. The normalized spacial score (nSPS) is 30.4. The lowest BCUT2D eigenvalue weighted by Crippen LogP contribution is -2.30. The predicted octanol–water partition coefficient (Wildman–Crippen LogP) is 2.76. The van der Waals surface area contributed by atoms with E-state index in [-0.39, 0.29) is 4.90 Å². The van der Waals surface area contributed by atoms with Crippen LogP contribution in [-0.4, -0.2) is 31.0 Å². The van der Waals surface area contributed by atoms with Crippen molar-refractivity contribution in [1.29, 1.82) is 0 Å². The van der Waals surface area contributed by atoms with Crippen LogP contribution in [0.2, 0.25) is 0 Å². The molecule has 2 rings (SSSR count). The zero-order chi connectivity index (χ0) is 16.5. The van der Waals surface area contributed by atoms with Crippen LogP contribution in [0, 0.1) is 5.92 Å². The second-order valence-electron chi connectivity index (χ2n) is 5.16. The molecule has 0 aliphatic carbocycles. The molecule has 0 amide bonds. The zero-order valence-corrected chi connectivity index (χ0v) is 15.5. The fraction of sp³-hybridized carbons (Fsp3) is 0.538. The number of rotatable bonds is 5. The molecule has 1 heterocycles. The van der Waals surface area contributed by atoms with E-state index in [0.29, 0.717) is 6.42 Å². The van der Waals surface area contributed by atoms with E-state index >= 15 is 0 Å². The number of hydrogen-bond donors (Lipinski definition) is 1. The van der Waals surface area contributed by atoms with E-state index in [9.17, 15) is 13.0 Å². The molecule has 9 heteroatoms. The van der Waals surface area contributed by atoms with E-state index in [2.05, 4.69) is 15.9 Å². The van der Waals surface area contributed by atoms with Gasteiger partial charge in [0, 0.05) is 10.4 Å². The van der Waals surface area contributed by atoms with Gasteiger partial charge in [-0.1, -0.05) is 29.8 Å². The monoisotopic (exact) mass is 412 g/mol. The lowest BCUT2D eigenvalue weighted by atomic mass is 10.0. The zero-order valence-electron chi connectivity index (χ0n) is 12.1. The van der Waals surface area contributed by atoms with Crippen LogP contribution in [-0.2, 0) is 23.7 Å². The average molecular weight is 413 g/mol. The summed E-state index contributed by atoms with van der Waals surface area (Å²) in [6.07, 6.45) is -0.737. The second-order valence-corrected chi connectivity index (χ2v) is 8.87. The van der Waals surface area contributed by atoms with Gasteiger partial charge in [-0.2, -0.15) is 0 Å². The molecule has 1 aromatic rings. The Kier molecular flexibility index (Phi) is 5.85. The fourth-order valence-electron chi connectivity index (χ4n) is 2.61. The fourth-order valence-corrected chi connectivity index (χ4v) is 5.27. The summed E-state index contributed by atoms with van der Waals surface area (Å²) in [7, 11) is -6.87. The number of hydrogen-bond acceptors (Lipinski definition) is 5. The Bertz CT molecular complexity index is 647. The number of benzene rings is 1. The summed E-state index contributed by atoms with van der Waals surface area (Å²) in [5.74, 6) is -0.542. The van der Waals surface area contributed by atoms with Crippen LogP contribution in [0.4, 0.5) is 0 Å². The van der Waals surface area contributed by atoms with Crippen LogP contribution in [0.5, 0.6) is 0 Å². The molecule has 1 N–H and O–H groups in total. The minimum absolute atomic E-state index is 0.153. The molecule has 1 aliphatic rings. The van der Waals surface area contributed by atoms with Gasteiger partial charge in [0.05, 0.1) is 17.1 Å². The Morgan fingerprint density at radius 2 is 1.95 bits per heavy atom. The predicted molar refractivity (Wildman–Crippen MR) is 85.5 cm³/mol. The maximum atomic E-state index is 12.7. The first-order valence-corrected chi connectivity index (χ1v) is 10.4. The van der Waals surface area contributed by atoms with Gasteiger partial charge >= 0.3 is 8.25 Å². The molecule has 22 heavy (non-hydrogen) atoms. The van der Waals surface area contributed by atoms with E-state index in [1.807, 2.05) is 6.92 Å². The molecule has 1 saturated heterocycles. The van der Waals surface area contributed by atoms with Crippen molar-refractivity contribution in [3.63, 3.8) is 0 Å². The van der Waals surface area contributed by atoms with Crippen molar-refractivity contribution in [2.24, 2.45) is 5.92 Å². The maximum absolute atomic E-state index is 12.7. The van der Waals surface area contributed by atoms with Gasteiger partial charge < -0.3 is 14.2 Å². The van der Waals surface area contributed by atoms with Crippen LogP contribution < -0.4 is 0 Å². The van der Waals surface area contributed by atoms with Crippen LogP contribution in [0.25, 0.3) is 0 Å². The van der Waals surface area contributed by atoms with E-state index in [1.165, 1.54) is 12.1 Å². The third-order valence-electron chi connectivity index (χ3n) is 3.71. The lowest BCUT2D eigenvalue weighted by molar-refractivity contribution is 0.0382. The van der Waals surface area contributed by atoms with Crippen molar-refractivity contribution in [2.45, 2.75) is 42.8 Å². The van der Waals surface area contributed by atoms with Gasteiger partial charge in [0.25, 0.3) is 0 Å². The van der Waals surface area contributed by atoms with E-state index in [0.717, 1.165) is 4.47 Å². The highest BCUT2D eigenvalue weighted by Gasteiger charge is 2.49. The SMILES string of the molecule is CC[C@H]1O[C@@H](S(=O)(=O)c2ccc(Br)cc2)C(C)[C@H]1O[PH](=O)O. The molecule has 0 aromatic heterocycles. The third-order valence-corrected chi connectivity index (χ3v) is 6.79. The van der Waals surface area contributed by atoms with Crippen molar-refractivity contribution in [2.75, 3.05) is 0 Å². The van der Waals surface area contributed by atoms with Crippen molar-refractivity contribution >= 4 is 34.0 Å².